The van der Waals surface area contributed by atoms with Crippen LogP contribution in [0.1, 0.15) is 37.7 Å². The second kappa shape index (κ2) is 6.49. The molecule has 3 fully saturated rings. The normalized spacial score (nSPS) is 24.8. The van der Waals surface area contributed by atoms with Crippen molar-refractivity contribution in [2.75, 3.05) is 42.8 Å². The van der Waals surface area contributed by atoms with Crippen LogP contribution >= 0.6 is 0 Å². The minimum Gasteiger partial charge on any atom is -0.371 e. The summed E-state index contributed by atoms with van der Waals surface area (Å²) in [5.41, 5.74) is 3.43. The molecule has 0 aliphatic carbocycles. The number of ether oxygens (including phenoxy) is 2. The summed E-state index contributed by atoms with van der Waals surface area (Å²) >= 11 is 0. The Morgan fingerprint density at radius 3 is 2.22 bits per heavy atom. The van der Waals surface area contributed by atoms with E-state index < -0.39 is 0 Å². The minimum atomic E-state index is -0.382. The molecule has 7 heteroatoms. The zero-order valence-electron chi connectivity index (χ0n) is 15.5. The van der Waals surface area contributed by atoms with Gasteiger partial charge in [0, 0.05) is 56.6 Å². The van der Waals surface area contributed by atoms with E-state index in [9.17, 15) is 9.59 Å². The molecule has 0 atom stereocenters. The molecule has 1 aromatic carbocycles. The van der Waals surface area contributed by atoms with Crippen molar-refractivity contribution in [3.63, 3.8) is 0 Å². The van der Waals surface area contributed by atoms with Gasteiger partial charge in [-0.2, -0.15) is 5.01 Å². The van der Waals surface area contributed by atoms with Crippen molar-refractivity contribution in [2.24, 2.45) is 0 Å². The highest BCUT2D eigenvalue weighted by atomic mass is 16.7. The first-order valence-corrected chi connectivity index (χ1v) is 9.95. The van der Waals surface area contributed by atoms with Gasteiger partial charge in [-0.15, -0.1) is 0 Å². The summed E-state index contributed by atoms with van der Waals surface area (Å²) in [7, 11) is 0. The molecule has 3 saturated heterocycles. The average Bonchev–Trinajstić information content (AvgIpc) is 3.30. The van der Waals surface area contributed by atoms with Gasteiger partial charge >= 0.3 is 0 Å². The molecule has 0 aromatic heterocycles. The number of hydrogen-bond donors (Lipinski definition) is 0. The molecule has 0 saturated carbocycles. The number of hydrazine groups is 1. The molecule has 7 nitrogen and oxygen atoms in total. The number of carbonyl (C=O) groups excluding carboxylic acids is 2. The zero-order chi connectivity index (χ0) is 18.4. The Bertz CT molecular complexity index is 748. The lowest BCUT2D eigenvalue weighted by Crippen LogP contribution is -2.51. The molecule has 2 amide bonds. The number of benzene rings is 1. The first-order chi connectivity index (χ1) is 13.2. The number of hydrogen-bond acceptors (Lipinski definition) is 6. The van der Waals surface area contributed by atoms with Crippen molar-refractivity contribution in [1.29, 1.82) is 0 Å². The molecular formula is C20H25N3O4. The van der Waals surface area contributed by atoms with Crippen molar-refractivity contribution < 1.29 is 19.1 Å². The van der Waals surface area contributed by atoms with Gasteiger partial charge in [0.25, 0.3) is 0 Å². The second-order valence-corrected chi connectivity index (χ2v) is 7.70. The van der Waals surface area contributed by atoms with E-state index in [0.717, 1.165) is 38.0 Å². The SMILES string of the molecule is O=C1CCCC(=O)N1N1CCc2c(N3CCC4(CC3)OCCO4)cccc21. The number of fused-ring (bicyclic) bond motifs is 1. The van der Waals surface area contributed by atoms with Crippen molar-refractivity contribution in [2.45, 2.75) is 44.3 Å². The summed E-state index contributed by atoms with van der Waals surface area (Å²) in [6, 6.07) is 6.20. The molecule has 4 heterocycles. The lowest BCUT2D eigenvalue weighted by atomic mass is 10.0. The lowest BCUT2D eigenvalue weighted by molar-refractivity contribution is -0.169. The molecule has 27 heavy (non-hydrogen) atoms. The molecule has 4 aliphatic heterocycles. The third-order valence-corrected chi connectivity index (χ3v) is 6.15. The third-order valence-electron chi connectivity index (χ3n) is 6.15. The number of nitrogens with zero attached hydrogens (tertiary/aromatic N) is 3. The molecule has 5 rings (SSSR count). The predicted octanol–water partition coefficient (Wildman–Crippen LogP) is 1.85. The zero-order valence-corrected chi connectivity index (χ0v) is 15.5. The number of piperidine rings is 2. The molecule has 144 valence electrons. The summed E-state index contributed by atoms with van der Waals surface area (Å²) < 4.78 is 11.7. The predicted molar refractivity (Wildman–Crippen MR) is 99.3 cm³/mol. The van der Waals surface area contributed by atoms with Gasteiger partial charge in [0.1, 0.15) is 0 Å². The Kier molecular flexibility index (Phi) is 4.09. The van der Waals surface area contributed by atoms with Crippen LogP contribution in [0.3, 0.4) is 0 Å². The summed E-state index contributed by atoms with van der Waals surface area (Å²) in [6.45, 7) is 3.82. The fourth-order valence-electron chi connectivity index (χ4n) is 4.79. The molecule has 0 bridgehead atoms. The molecule has 1 aromatic rings. The standard InChI is InChI=1S/C20H25N3O4/c24-18-5-2-6-19(25)23(18)22-10-7-15-16(3-1-4-17(15)22)21-11-8-20(9-12-21)26-13-14-27-20/h1,3-4H,2,5-14H2. The molecular weight excluding hydrogens is 346 g/mol. The molecule has 0 radical (unpaired) electrons. The van der Waals surface area contributed by atoms with Gasteiger partial charge < -0.3 is 14.4 Å². The van der Waals surface area contributed by atoms with Crippen LogP contribution in [0.4, 0.5) is 11.4 Å². The van der Waals surface area contributed by atoms with Crippen LogP contribution in [-0.4, -0.2) is 55.5 Å². The van der Waals surface area contributed by atoms with Crippen molar-refractivity contribution in [1.82, 2.24) is 5.01 Å². The number of imide groups is 1. The van der Waals surface area contributed by atoms with Gasteiger partial charge in [-0.3, -0.25) is 14.6 Å². The summed E-state index contributed by atoms with van der Waals surface area (Å²) in [4.78, 5) is 27.1. The van der Waals surface area contributed by atoms with E-state index in [1.165, 1.54) is 16.3 Å². The Labute approximate surface area is 158 Å². The summed E-state index contributed by atoms with van der Waals surface area (Å²) in [5.74, 6) is -0.549. The van der Waals surface area contributed by atoms with Gasteiger partial charge in [-0.25, -0.2) is 0 Å². The maximum Gasteiger partial charge on any atom is 0.248 e. The lowest BCUT2D eigenvalue weighted by Gasteiger charge is -2.39. The Morgan fingerprint density at radius 1 is 0.852 bits per heavy atom. The highest BCUT2D eigenvalue weighted by Gasteiger charge is 2.41. The molecule has 1 spiro atoms. The van der Waals surface area contributed by atoms with Crippen LogP contribution in [0.5, 0.6) is 0 Å². The fraction of sp³-hybridized carbons (Fsp3) is 0.600. The van der Waals surface area contributed by atoms with Gasteiger partial charge in [0.05, 0.1) is 18.9 Å². The van der Waals surface area contributed by atoms with E-state index in [4.69, 9.17) is 9.47 Å². The van der Waals surface area contributed by atoms with Crippen molar-refractivity contribution >= 4 is 23.2 Å². The van der Waals surface area contributed by atoms with Gasteiger partial charge in [-0.1, -0.05) is 6.07 Å². The van der Waals surface area contributed by atoms with Crippen LogP contribution in [0.15, 0.2) is 18.2 Å². The quantitative estimate of drug-likeness (QED) is 0.740. The number of amides is 2. The fourth-order valence-corrected chi connectivity index (χ4v) is 4.79. The monoisotopic (exact) mass is 371 g/mol. The van der Waals surface area contributed by atoms with Gasteiger partial charge in [-0.05, 0) is 25.0 Å². The first-order valence-electron chi connectivity index (χ1n) is 9.95. The Hall–Kier alpha value is -2.12. The van der Waals surface area contributed by atoms with Crippen LogP contribution in [0.25, 0.3) is 0 Å². The summed E-state index contributed by atoms with van der Waals surface area (Å²) in [6.07, 6.45) is 4.13. The second-order valence-electron chi connectivity index (χ2n) is 7.70. The van der Waals surface area contributed by atoms with E-state index in [1.807, 2.05) is 17.1 Å². The van der Waals surface area contributed by atoms with Crippen LogP contribution < -0.4 is 9.91 Å². The van der Waals surface area contributed by atoms with E-state index in [0.29, 0.717) is 39.0 Å². The van der Waals surface area contributed by atoms with E-state index in [2.05, 4.69) is 11.0 Å². The van der Waals surface area contributed by atoms with Crippen LogP contribution in [0, 0.1) is 0 Å². The van der Waals surface area contributed by atoms with Crippen molar-refractivity contribution in [3.8, 4) is 0 Å². The highest BCUT2D eigenvalue weighted by Crippen LogP contribution is 2.40. The number of anilines is 2. The Balaban J connectivity index is 1.39. The van der Waals surface area contributed by atoms with Gasteiger partial charge in [0.2, 0.25) is 11.8 Å². The average molecular weight is 371 g/mol. The highest BCUT2D eigenvalue weighted by molar-refractivity contribution is 5.99. The van der Waals surface area contributed by atoms with E-state index in [1.54, 1.807) is 0 Å². The maximum absolute atomic E-state index is 12.4. The third kappa shape index (κ3) is 2.80. The summed E-state index contributed by atoms with van der Waals surface area (Å²) in [5, 5.41) is 3.27. The Morgan fingerprint density at radius 2 is 1.52 bits per heavy atom. The van der Waals surface area contributed by atoms with E-state index in [-0.39, 0.29) is 17.6 Å². The largest absolute Gasteiger partial charge is 0.371 e. The van der Waals surface area contributed by atoms with Crippen molar-refractivity contribution in [3.05, 3.63) is 23.8 Å². The maximum atomic E-state index is 12.4. The molecule has 0 N–H and O–H groups in total. The topological polar surface area (TPSA) is 62.3 Å². The van der Waals surface area contributed by atoms with Crippen LogP contribution in [0.2, 0.25) is 0 Å². The molecule has 4 aliphatic rings. The minimum absolute atomic E-state index is 0.0834. The van der Waals surface area contributed by atoms with E-state index >= 15 is 0 Å². The van der Waals surface area contributed by atoms with Gasteiger partial charge in [0.15, 0.2) is 5.79 Å². The first kappa shape index (κ1) is 17.0. The number of carbonyl (C=O) groups is 2. The number of rotatable bonds is 2. The molecule has 0 unspecified atom stereocenters. The van der Waals surface area contributed by atoms with Crippen LogP contribution in [-0.2, 0) is 25.5 Å². The smallest absolute Gasteiger partial charge is 0.248 e.